The molecule has 0 spiro atoms. The number of aliphatic hydroxyl groups excluding tert-OH is 3. The Kier molecular flexibility index (Phi) is 8.26. The highest BCUT2D eigenvalue weighted by Gasteiger charge is 2.64. The number of ether oxygens (including phenoxy) is 3. The van der Waals surface area contributed by atoms with Crippen molar-refractivity contribution in [1.82, 2.24) is 0 Å². The average Bonchev–Trinajstić information content (AvgIpc) is 3.09. The van der Waals surface area contributed by atoms with Crippen molar-refractivity contribution in [2.45, 2.75) is 156 Å². The van der Waals surface area contributed by atoms with Crippen molar-refractivity contribution in [3.05, 3.63) is 11.6 Å². The van der Waals surface area contributed by atoms with Gasteiger partial charge in [-0.3, -0.25) is 4.79 Å². The van der Waals surface area contributed by atoms with E-state index in [2.05, 4.69) is 54.5 Å². The van der Waals surface area contributed by atoms with Gasteiger partial charge in [0.1, 0.15) is 24.4 Å². The van der Waals surface area contributed by atoms with Crippen molar-refractivity contribution in [3.63, 3.8) is 0 Å². The van der Waals surface area contributed by atoms with Gasteiger partial charge in [-0.1, -0.05) is 60.1 Å². The lowest BCUT2D eigenvalue weighted by molar-refractivity contribution is -0.306. The molecule has 7 heteroatoms. The van der Waals surface area contributed by atoms with Crippen molar-refractivity contribution < 1.29 is 34.3 Å². The zero-order valence-corrected chi connectivity index (χ0v) is 28.6. The van der Waals surface area contributed by atoms with Crippen molar-refractivity contribution in [1.29, 1.82) is 0 Å². The number of rotatable bonds is 3. The fourth-order valence-electron chi connectivity index (χ4n) is 12.6. The molecule has 13 atom stereocenters. The maximum atomic E-state index is 12.0. The van der Waals surface area contributed by atoms with Gasteiger partial charge < -0.3 is 29.5 Å². The second-order valence-electron chi connectivity index (χ2n) is 17.9. The van der Waals surface area contributed by atoms with E-state index in [1.165, 1.54) is 32.1 Å². The fourth-order valence-corrected chi connectivity index (χ4v) is 12.6. The third-order valence-corrected chi connectivity index (χ3v) is 14.9. The Morgan fingerprint density at radius 2 is 1.45 bits per heavy atom. The van der Waals surface area contributed by atoms with Gasteiger partial charge >= 0.3 is 5.97 Å². The molecular formula is C37H60O7. The number of carbonyl (C=O) groups is 1. The maximum absolute atomic E-state index is 12.0. The molecule has 5 fully saturated rings. The van der Waals surface area contributed by atoms with Crippen LogP contribution in [0, 0.1) is 50.7 Å². The van der Waals surface area contributed by atoms with E-state index in [4.69, 9.17) is 14.2 Å². The van der Waals surface area contributed by atoms with E-state index in [0.717, 1.165) is 32.1 Å². The molecule has 1 heterocycles. The minimum atomic E-state index is -1.26. The van der Waals surface area contributed by atoms with E-state index in [0.29, 0.717) is 23.7 Å². The van der Waals surface area contributed by atoms with Crippen LogP contribution in [0.15, 0.2) is 11.6 Å². The SMILES string of the molecule is CC(=O)O[C@H]1CC[C@]2(C)[C@H]3CC[C@H]4[C@@](C)(CC[C@H]5C(C)(C)[C@@H](O[C@@H]6OC[C@H](O)[C@H](O)[C@H]6O)CC[C@@]54C)CC3=CC[C@H]2C1(C)C. The standard InChI is InChI=1S/C37H60O7/c1-21(38)43-28-14-17-36(7)23-10-12-27-35(6,19-22(23)9-11-25(36)33(28,2)3)16-13-26-34(4,5)29(15-18-37(26,27)8)44-32-31(41)30(40)24(39)20-42-32/h9,23-32,39-41H,10-20H2,1-8H3/t23-,24-,25-,26-,27-,28-,29-,30-,31+,32-,35-,36+,37-/m0/s1. The van der Waals surface area contributed by atoms with Crippen LogP contribution in [-0.2, 0) is 19.0 Å². The summed E-state index contributed by atoms with van der Waals surface area (Å²) in [6.45, 7) is 18.6. The predicted molar refractivity (Wildman–Crippen MR) is 168 cm³/mol. The average molecular weight is 617 g/mol. The summed E-state index contributed by atoms with van der Waals surface area (Å²) in [6.07, 6.45) is 9.20. The monoisotopic (exact) mass is 616 g/mol. The first-order valence-electron chi connectivity index (χ1n) is 17.6. The molecular weight excluding hydrogens is 556 g/mol. The van der Waals surface area contributed by atoms with Crippen LogP contribution in [0.25, 0.3) is 0 Å². The second kappa shape index (κ2) is 11.0. The first-order chi connectivity index (χ1) is 20.4. The third kappa shape index (κ3) is 4.96. The number of aliphatic hydroxyl groups is 3. The Hall–Kier alpha value is -0.990. The van der Waals surface area contributed by atoms with Gasteiger partial charge in [0.25, 0.3) is 0 Å². The van der Waals surface area contributed by atoms with Gasteiger partial charge in [0, 0.05) is 12.3 Å². The Morgan fingerprint density at radius 1 is 0.795 bits per heavy atom. The van der Waals surface area contributed by atoms with Crippen molar-refractivity contribution in [2.75, 3.05) is 6.61 Å². The van der Waals surface area contributed by atoms with Crippen molar-refractivity contribution in [2.24, 2.45) is 50.7 Å². The van der Waals surface area contributed by atoms with E-state index in [9.17, 15) is 20.1 Å². The van der Waals surface area contributed by atoms with E-state index in [-0.39, 0.29) is 51.9 Å². The number of hydrogen-bond acceptors (Lipinski definition) is 7. The highest BCUT2D eigenvalue weighted by Crippen LogP contribution is 2.70. The molecule has 6 aliphatic rings. The third-order valence-electron chi connectivity index (χ3n) is 14.9. The first-order valence-corrected chi connectivity index (χ1v) is 17.6. The summed E-state index contributed by atoms with van der Waals surface area (Å²) in [5.74, 6) is 2.04. The number of carbonyl (C=O) groups excluding carboxylic acids is 1. The Bertz CT molecular complexity index is 1150. The normalized spacial score (nSPS) is 51.4. The lowest BCUT2D eigenvalue weighted by atomic mass is 9.42. The first kappa shape index (κ1) is 32.9. The van der Waals surface area contributed by atoms with E-state index < -0.39 is 24.6 Å². The van der Waals surface area contributed by atoms with Gasteiger partial charge in [-0.25, -0.2) is 0 Å². The topological polar surface area (TPSA) is 105 Å². The molecule has 44 heavy (non-hydrogen) atoms. The van der Waals surface area contributed by atoms with Crippen LogP contribution in [-0.4, -0.2) is 64.7 Å². The minimum absolute atomic E-state index is 0.00772. The summed E-state index contributed by atoms with van der Waals surface area (Å²) in [4.78, 5) is 12.0. The number of esters is 1. The Morgan fingerprint density at radius 3 is 2.16 bits per heavy atom. The van der Waals surface area contributed by atoms with Crippen LogP contribution in [0.2, 0.25) is 0 Å². The molecule has 0 radical (unpaired) electrons. The van der Waals surface area contributed by atoms with Crippen LogP contribution in [0.3, 0.4) is 0 Å². The molecule has 5 aliphatic carbocycles. The molecule has 0 bridgehead atoms. The maximum Gasteiger partial charge on any atom is 0.302 e. The summed E-state index contributed by atoms with van der Waals surface area (Å²) >= 11 is 0. The highest BCUT2D eigenvalue weighted by atomic mass is 16.7. The molecule has 7 nitrogen and oxygen atoms in total. The molecule has 3 N–H and O–H groups in total. The Balaban J connectivity index is 1.23. The van der Waals surface area contributed by atoms with Crippen LogP contribution in [0.4, 0.5) is 0 Å². The minimum Gasteiger partial charge on any atom is -0.462 e. The second-order valence-corrected chi connectivity index (χ2v) is 17.9. The lowest BCUT2D eigenvalue weighted by Crippen LogP contribution is -2.61. The summed E-state index contributed by atoms with van der Waals surface area (Å²) in [5, 5.41) is 30.8. The van der Waals surface area contributed by atoms with Crippen LogP contribution in [0.5, 0.6) is 0 Å². The number of allylic oxidation sites excluding steroid dienone is 2. The molecule has 0 amide bonds. The van der Waals surface area contributed by atoms with Gasteiger partial charge in [0.2, 0.25) is 0 Å². The quantitative estimate of drug-likeness (QED) is 0.198. The van der Waals surface area contributed by atoms with Crippen molar-refractivity contribution >= 4 is 5.97 Å². The van der Waals surface area contributed by atoms with Crippen LogP contribution in [0.1, 0.15) is 120 Å². The van der Waals surface area contributed by atoms with Crippen LogP contribution < -0.4 is 0 Å². The van der Waals surface area contributed by atoms with Gasteiger partial charge in [0.05, 0.1) is 12.7 Å². The number of hydrogen-bond donors (Lipinski definition) is 3. The summed E-state index contributed by atoms with van der Waals surface area (Å²) in [7, 11) is 0. The molecule has 0 aromatic heterocycles. The molecule has 6 rings (SSSR count). The molecule has 0 aromatic carbocycles. The zero-order valence-electron chi connectivity index (χ0n) is 28.6. The molecule has 250 valence electrons. The zero-order chi connectivity index (χ0) is 32.0. The molecule has 1 saturated heterocycles. The summed E-state index contributed by atoms with van der Waals surface area (Å²) in [6, 6.07) is 0. The van der Waals surface area contributed by atoms with Gasteiger partial charge in [-0.2, -0.15) is 0 Å². The summed E-state index contributed by atoms with van der Waals surface area (Å²) < 4.78 is 18.1. The van der Waals surface area contributed by atoms with Gasteiger partial charge in [-0.05, 0) is 110 Å². The van der Waals surface area contributed by atoms with E-state index in [1.807, 2.05) is 0 Å². The van der Waals surface area contributed by atoms with Crippen LogP contribution >= 0.6 is 0 Å². The number of fused-ring (bicyclic) bond motifs is 6. The largest absolute Gasteiger partial charge is 0.462 e. The fraction of sp³-hybridized carbons (Fsp3) is 0.919. The molecule has 0 unspecified atom stereocenters. The van der Waals surface area contributed by atoms with E-state index >= 15 is 0 Å². The smallest absolute Gasteiger partial charge is 0.302 e. The van der Waals surface area contributed by atoms with E-state index in [1.54, 1.807) is 12.5 Å². The predicted octanol–water partition coefficient (Wildman–Crippen LogP) is 6.17. The summed E-state index contributed by atoms with van der Waals surface area (Å²) in [5.41, 5.74) is 2.22. The lowest BCUT2D eigenvalue weighted by Gasteiger charge is -2.64. The van der Waals surface area contributed by atoms with Crippen molar-refractivity contribution in [3.8, 4) is 0 Å². The van der Waals surface area contributed by atoms with Gasteiger partial charge in [-0.15, -0.1) is 0 Å². The molecule has 1 aliphatic heterocycles. The molecule has 4 saturated carbocycles. The highest BCUT2D eigenvalue weighted by molar-refractivity contribution is 5.66. The van der Waals surface area contributed by atoms with Gasteiger partial charge in [0.15, 0.2) is 6.29 Å². The molecule has 0 aromatic rings. The Labute approximate surface area is 265 Å².